The molecule has 0 radical (unpaired) electrons. The SMILES string of the molecule is CNC(=O)c1cc(-n2ccc3cc(NC(=O)c4ccc(N5CCOCC5)c(C)c4)ccc32)ccn1. The Hall–Kier alpha value is -4.17. The van der Waals surface area contributed by atoms with Crippen LogP contribution in [0.1, 0.15) is 26.4 Å². The van der Waals surface area contributed by atoms with E-state index in [1.807, 2.05) is 66.2 Å². The van der Waals surface area contributed by atoms with E-state index in [2.05, 4.69) is 20.5 Å². The second kappa shape index (κ2) is 9.60. The molecule has 2 N–H and O–H groups in total. The van der Waals surface area contributed by atoms with Gasteiger partial charge in [-0.1, -0.05) is 0 Å². The molecule has 1 fully saturated rings. The van der Waals surface area contributed by atoms with Crippen LogP contribution in [0.4, 0.5) is 11.4 Å². The van der Waals surface area contributed by atoms with Gasteiger partial charge in [0, 0.05) is 60.5 Å². The van der Waals surface area contributed by atoms with Crippen molar-refractivity contribution in [1.82, 2.24) is 14.9 Å². The highest BCUT2D eigenvalue weighted by Crippen LogP contribution is 2.26. The third-order valence-electron chi connectivity index (χ3n) is 6.24. The van der Waals surface area contributed by atoms with Crippen LogP contribution in [0.2, 0.25) is 0 Å². The molecule has 1 aliphatic rings. The Balaban J connectivity index is 1.35. The van der Waals surface area contributed by atoms with E-state index in [4.69, 9.17) is 4.74 Å². The molecule has 0 spiro atoms. The molecule has 35 heavy (non-hydrogen) atoms. The number of nitrogens with one attached hydrogen (secondary N) is 2. The highest BCUT2D eigenvalue weighted by molar-refractivity contribution is 6.05. The molecule has 5 rings (SSSR count). The number of aromatic nitrogens is 2. The van der Waals surface area contributed by atoms with Crippen molar-refractivity contribution in [2.45, 2.75) is 6.92 Å². The maximum atomic E-state index is 13.0. The van der Waals surface area contributed by atoms with Gasteiger partial charge in [0.05, 0.1) is 18.7 Å². The van der Waals surface area contributed by atoms with Crippen LogP contribution in [0.15, 0.2) is 67.0 Å². The van der Waals surface area contributed by atoms with Gasteiger partial charge >= 0.3 is 0 Å². The van der Waals surface area contributed by atoms with E-state index in [1.54, 1.807) is 19.3 Å². The van der Waals surface area contributed by atoms with Gasteiger partial charge in [-0.05, 0) is 67.1 Å². The molecule has 0 aliphatic carbocycles. The number of pyridine rings is 1. The highest BCUT2D eigenvalue weighted by atomic mass is 16.5. The molecular formula is C27H27N5O3. The van der Waals surface area contributed by atoms with Crippen LogP contribution in [0.25, 0.3) is 16.6 Å². The maximum Gasteiger partial charge on any atom is 0.269 e. The van der Waals surface area contributed by atoms with Gasteiger partial charge in [0.15, 0.2) is 0 Å². The van der Waals surface area contributed by atoms with Gasteiger partial charge in [0.25, 0.3) is 11.8 Å². The van der Waals surface area contributed by atoms with E-state index in [0.29, 0.717) is 11.3 Å². The average molecular weight is 470 g/mol. The number of hydrogen-bond acceptors (Lipinski definition) is 5. The van der Waals surface area contributed by atoms with Crippen molar-refractivity contribution < 1.29 is 14.3 Å². The van der Waals surface area contributed by atoms with Crippen LogP contribution in [-0.4, -0.2) is 54.7 Å². The van der Waals surface area contributed by atoms with E-state index in [0.717, 1.165) is 59.8 Å². The molecule has 8 heteroatoms. The number of fused-ring (bicyclic) bond motifs is 1. The lowest BCUT2D eigenvalue weighted by Crippen LogP contribution is -2.36. The Kier molecular flexibility index (Phi) is 6.20. The molecule has 178 valence electrons. The zero-order valence-corrected chi connectivity index (χ0v) is 19.7. The van der Waals surface area contributed by atoms with Crippen molar-refractivity contribution in [3.63, 3.8) is 0 Å². The molecule has 2 aromatic heterocycles. The zero-order chi connectivity index (χ0) is 24.4. The Morgan fingerprint density at radius 3 is 2.57 bits per heavy atom. The summed E-state index contributed by atoms with van der Waals surface area (Å²) in [6.07, 6.45) is 3.56. The molecule has 2 amide bonds. The van der Waals surface area contributed by atoms with Crippen LogP contribution in [0.3, 0.4) is 0 Å². The molecular weight excluding hydrogens is 442 g/mol. The first kappa shape index (κ1) is 22.6. The highest BCUT2D eigenvalue weighted by Gasteiger charge is 2.16. The summed E-state index contributed by atoms with van der Waals surface area (Å²) in [4.78, 5) is 31.3. The van der Waals surface area contributed by atoms with Gasteiger partial charge in [0.1, 0.15) is 5.69 Å². The molecule has 1 saturated heterocycles. The smallest absolute Gasteiger partial charge is 0.269 e. The summed E-state index contributed by atoms with van der Waals surface area (Å²) in [7, 11) is 1.58. The summed E-state index contributed by atoms with van der Waals surface area (Å²) in [5, 5.41) is 6.58. The number of rotatable bonds is 5. The lowest BCUT2D eigenvalue weighted by molar-refractivity contribution is 0.0957. The number of morpholine rings is 1. The lowest BCUT2D eigenvalue weighted by atomic mass is 10.1. The first-order chi connectivity index (χ1) is 17.0. The number of hydrogen-bond donors (Lipinski definition) is 2. The van der Waals surface area contributed by atoms with E-state index in [9.17, 15) is 9.59 Å². The Morgan fingerprint density at radius 2 is 1.80 bits per heavy atom. The van der Waals surface area contributed by atoms with Gasteiger partial charge in [-0.2, -0.15) is 0 Å². The minimum atomic E-state index is -0.235. The average Bonchev–Trinajstić information content (AvgIpc) is 3.32. The molecule has 1 aliphatic heterocycles. The predicted molar refractivity (Wildman–Crippen MR) is 137 cm³/mol. The number of carbonyl (C=O) groups is 2. The summed E-state index contributed by atoms with van der Waals surface area (Å²) in [6.45, 7) is 5.20. The summed E-state index contributed by atoms with van der Waals surface area (Å²) < 4.78 is 7.43. The van der Waals surface area contributed by atoms with Crippen molar-refractivity contribution >= 4 is 34.1 Å². The number of aryl methyl sites for hydroxylation is 1. The molecule has 3 heterocycles. The van der Waals surface area contributed by atoms with Crippen LogP contribution >= 0.6 is 0 Å². The fraction of sp³-hybridized carbons (Fsp3) is 0.222. The Morgan fingerprint density at radius 1 is 0.971 bits per heavy atom. The standard InChI is InChI=1S/C27H27N5O3/c1-18-15-20(3-5-24(18)31-11-13-35-14-12-31)26(33)30-21-4-6-25-19(16-21)8-10-32(25)22-7-9-29-23(17-22)27(34)28-2/h3-10,15-17H,11-14H2,1-2H3,(H,28,34)(H,30,33). The first-order valence-electron chi connectivity index (χ1n) is 11.6. The van der Waals surface area contributed by atoms with Crippen LogP contribution < -0.4 is 15.5 Å². The number of anilines is 2. The molecule has 0 unspecified atom stereocenters. The summed E-state index contributed by atoms with van der Waals surface area (Å²) in [5.74, 6) is -0.383. The molecule has 4 aromatic rings. The predicted octanol–water partition coefficient (Wildman–Crippen LogP) is 3.78. The molecule has 0 saturated carbocycles. The fourth-order valence-corrected chi connectivity index (χ4v) is 4.43. The van der Waals surface area contributed by atoms with Crippen LogP contribution in [-0.2, 0) is 4.74 Å². The maximum absolute atomic E-state index is 13.0. The number of amides is 2. The topological polar surface area (TPSA) is 88.5 Å². The van der Waals surface area contributed by atoms with E-state index in [-0.39, 0.29) is 11.8 Å². The zero-order valence-electron chi connectivity index (χ0n) is 19.7. The fourth-order valence-electron chi connectivity index (χ4n) is 4.43. The number of carbonyl (C=O) groups excluding carboxylic acids is 2. The Bertz CT molecular complexity index is 1410. The van der Waals surface area contributed by atoms with Crippen molar-refractivity contribution in [1.29, 1.82) is 0 Å². The molecule has 0 atom stereocenters. The van der Waals surface area contributed by atoms with Crippen molar-refractivity contribution in [3.8, 4) is 5.69 Å². The van der Waals surface area contributed by atoms with Crippen LogP contribution in [0, 0.1) is 6.92 Å². The van der Waals surface area contributed by atoms with Gasteiger partial charge in [0.2, 0.25) is 0 Å². The van der Waals surface area contributed by atoms with Gasteiger partial charge in [-0.25, -0.2) is 0 Å². The van der Waals surface area contributed by atoms with E-state index >= 15 is 0 Å². The second-order valence-corrected chi connectivity index (χ2v) is 8.49. The van der Waals surface area contributed by atoms with E-state index in [1.165, 1.54) is 0 Å². The van der Waals surface area contributed by atoms with E-state index < -0.39 is 0 Å². The number of nitrogens with zero attached hydrogens (tertiary/aromatic N) is 3. The van der Waals surface area contributed by atoms with Gasteiger partial charge < -0.3 is 24.8 Å². The summed E-state index contributed by atoms with van der Waals surface area (Å²) in [6, 6.07) is 17.2. The van der Waals surface area contributed by atoms with Gasteiger partial charge in [-0.15, -0.1) is 0 Å². The monoisotopic (exact) mass is 469 g/mol. The minimum Gasteiger partial charge on any atom is -0.378 e. The first-order valence-corrected chi connectivity index (χ1v) is 11.6. The Labute approximate surface area is 203 Å². The molecule has 8 nitrogen and oxygen atoms in total. The molecule has 0 bridgehead atoms. The van der Waals surface area contributed by atoms with Crippen molar-refractivity contribution in [2.24, 2.45) is 0 Å². The lowest BCUT2D eigenvalue weighted by Gasteiger charge is -2.30. The summed E-state index contributed by atoms with van der Waals surface area (Å²) in [5.41, 5.74) is 5.70. The van der Waals surface area contributed by atoms with Crippen molar-refractivity contribution in [3.05, 3.63) is 83.8 Å². The third-order valence-corrected chi connectivity index (χ3v) is 6.24. The quantitative estimate of drug-likeness (QED) is 0.464. The van der Waals surface area contributed by atoms with Crippen molar-refractivity contribution in [2.75, 3.05) is 43.6 Å². The van der Waals surface area contributed by atoms with Gasteiger partial charge in [-0.3, -0.25) is 14.6 Å². The minimum absolute atomic E-state index is 0.148. The number of benzene rings is 2. The number of ether oxygens (including phenoxy) is 1. The molecule has 2 aromatic carbocycles. The summed E-state index contributed by atoms with van der Waals surface area (Å²) >= 11 is 0. The third kappa shape index (κ3) is 4.61. The second-order valence-electron chi connectivity index (χ2n) is 8.49. The van der Waals surface area contributed by atoms with Crippen LogP contribution in [0.5, 0.6) is 0 Å². The normalized spacial score (nSPS) is 13.6. The largest absolute Gasteiger partial charge is 0.378 e.